The first kappa shape index (κ1) is 41.5. The molecule has 0 bridgehead atoms. The van der Waals surface area contributed by atoms with Gasteiger partial charge in [0.2, 0.25) is 5.91 Å². The van der Waals surface area contributed by atoms with Crippen molar-refractivity contribution in [1.82, 2.24) is 5.32 Å². The first-order chi connectivity index (χ1) is 29.2. The summed E-state index contributed by atoms with van der Waals surface area (Å²) in [5, 5.41) is 18.5. The maximum atomic E-state index is 14.4. The fourth-order valence-electron chi connectivity index (χ4n) is 7.08. The lowest BCUT2D eigenvalue weighted by Crippen LogP contribution is -2.30. The number of benzene rings is 5. The second-order valence-corrected chi connectivity index (χ2v) is 16.2. The molecular weight excluding hydrogens is 795 g/mol. The monoisotopic (exact) mass is 837 g/mol. The lowest BCUT2D eigenvalue weighted by Gasteiger charge is -2.23. The second kappa shape index (κ2) is 19.4. The number of aromatic hydroxyl groups is 1. The van der Waals surface area contributed by atoms with E-state index in [-0.39, 0.29) is 24.0 Å². The molecule has 0 aliphatic heterocycles. The normalized spacial score (nSPS) is 14.0. The van der Waals surface area contributed by atoms with Crippen molar-refractivity contribution in [1.29, 1.82) is 0 Å². The van der Waals surface area contributed by atoms with Crippen LogP contribution in [0.5, 0.6) is 11.5 Å². The highest BCUT2D eigenvalue weighted by atomic mass is 32.2. The molecule has 0 spiro atoms. The number of thioether (sulfide) groups is 1. The number of fused-ring (bicyclic) bond motifs is 1. The van der Waals surface area contributed by atoms with Gasteiger partial charge < -0.3 is 30.5 Å². The maximum absolute atomic E-state index is 14.4. The molecule has 1 aliphatic rings. The summed E-state index contributed by atoms with van der Waals surface area (Å²) in [5.41, 5.74) is 4.50. The van der Waals surface area contributed by atoms with Gasteiger partial charge in [0, 0.05) is 32.7 Å². The number of amides is 3. The van der Waals surface area contributed by atoms with Crippen LogP contribution >= 0.6 is 23.1 Å². The molecule has 6 aromatic rings. The highest BCUT2D eigenvalue weighted by Gasteiger charge is 2.32. The number of phenolic OH excluding ortho intramolecular Hbond substituents is 1. The molecule has 2 atom stereocenters. The van der Waals surface area contributed by atoms with Crippen molar-refractivity contribution in [3.8, 4) is 11.5 Å². The van der Waals surface area contributed by atoms with Crippen LogP contribution in [0.25, 0.3) is 6.08 Å². The Morgan fingerprint density at radius 3 is 2.30 bits per heavy atom. The van der Waals surface area contributed by atoms with Gasteiger partial charge in [0.15, 0.2) is 0 Å². The van der Waals surface area contributed by atoms with Gasteiger partial charge in [0.25, 0.3) is 11.8 Å². The summed E-state index contributed by atoms with van der Waals surface area (Å²) in [6, 6.07) is 39.7. The van der Waals surface area contributed by atoms with E-state index in [4.69, 9.17) is 9.47 Å². The van der Waals surface area contributed by atoms with E-state index in [9.17, 15) is 24.3 Å². The van der Waals surface area contributed by atoms with Crippen molar-refractivity contribution in [2.45, 2.75) is 42.2 Å². The van der Waals surface area contributed by atoms with Gasteiger partial charge in [0.05, 0.1) is 19.3 Å². The van der Waals surface area contributed by atoms with Gasteiger partial charge in [-0.3, -0.25) is 14.4 Å². The zero-order valence-electron chi connectivity index (χ0n) is 33.0. The van der Waals surface area contributed by atoms with Gasteiger partial charge in [-0.15, -0.1) is 23.1 Å². The lowest BCUT2D eigenvalue weighted by atomic mass is 9.83. The molecule has 1 aromatic heterocycles. The molecule has 0 saturated carbocycles. The van der Waals surface area contributed by atoms with Gasteiger partial charge >= 0.3 is 5.97 Å². The molecule has 3 amide bonds. The number of rotatable bonds is 14. The van der Waals surface area contributed by atoms with Crippen LogP contribution in [0, 0.1) is 0 Å². The van der Waals surface area contributed by atoms with Crippen LogP contribution in [0.2, 0.25) is 0 Å². The summed E-state index contributed by atoms with van der Waals surface area (Å²) < 4.78 is 10.9. The molecule has 304 valence electrons. The molecule has 1 aliphatic carbocycles. The third-order valence-electron chi connectivity index (χ3n) is 9.98. The van der Waals surface area contributed by atoms with E-state index in [0.717, 1.165) is 28.8 Å². The van der Waals surface area contributed by atoms with Crippen LogP contribution in [-0.2, 0) is 27.2 Å². The Hall–Kier alpha value is -6.63. The Labute approximate surface area is 356 Å². The van der Waals surface area contributed by atoms with E-state index in [2.05, 4.69) is 28.1 Å². The Kier molecular flexibility index (Phi) is 13.4. The number of phenols is 1. The number of ether oxygens (including phenoxy) is 2. The molecule has 0 radical (unpaired) electrons. The van der Waals surface area contributed by atoms with E-state index in [1.165, 1.54) is 54.0 Å². The maximum Gasteiger partial charge on any atom is 0.341 e. The fourth-order valence-corrected chi connectivity index (χ4v) is 9.48. The van der Waals surface area contributed by atoms with Crippen molar-refractivity contribution in [3.05, 3.63) is 177 Å². The largest absolute Gasteiger partial charge is 0.508 e. The number of esters is 1. The number of carbonyl (C=O) groups is 4. The molecule has 7 rings (SSSR count). The third kappa shape index (κ3) is 9.96. The zero-order valence-corrected chi connectivity index (χ0v) is 34.6. The second-order valence-electron chi connectivity index (χ2n) is 14.0. The number of methoxy groups -OCH3 is 1. The topological polar surface area (TPSA) is 143 Å². The number of hydrogen-bond donors (Lipinski definition) is 4. The van der Waals surface area contributed by atoms with Gasteiger partial charge in [-0.05, 0) is 97.3 Å². The Bertz CT molecular complexity index is 2520. The van der Waals surface area contributed by atoms with E-state index in [0.29, 0.717) is 50.4 Å². The number of anilines is 2. The lowest BCUT2D eigenvalue weighted by molar-refractivity contribution is -0.116. The zero-order chi connectivity index (χ0) is 42.0. The molecule has 1 heterocycles. The van der Waals surface area contributed by atoms with E-state index < -0.39 is 23.0 Å². The summed E-state index contributed by atoms with van der Waals surface area (Å²) in [5.74, 6) is -1.30. The van der Waals surface area contributed by atoms with Gasteiger partial charge in [-0.1, -0.05) is 84.9 Å². The van der Waals surface area contributed by atoms with Crippen molar-refractivity contribution >= 4 is 63.6 Å². The average molecular weight is 838 g/mol. The van der Waals surface area contributed by atoms with Crippen molar-refractivity contribution in [2.75, 3.05) is 24.4 Å². The molecule has 10 nitrogen and oxygen atoms in total. The van der Waals surface area contributed by atoms with Crippen molar-refractivity contribution in [3.63, 3.8) is 0 Å². The van der Waals surface area contributed by atoms with Gasteiger partial charge in [0.1, 0.15) is 27.4 Å². The number of hydrogen-bond acceptors (Lipinski definition) is 9. The molecule has 5 aromatic carbocycles. The Morgan fingerprint density at radius 1 is 0.867 bits per heavy atom. The summed E-state index contributed by atoms with van der Waals surface area (Å²) in [6.45, 7) is 1.98. The minimum absolute atomic E-state index is 0.0222. The highest BCUT2D eigenvalue weighted by molar-refractivity contribution is 8.00. The molecule has 0 saturated heterocycles. The van der Waals surface area contributed by atoms with E-state index >= 15 is 0 Å². The molecule has 2 unspecified atom stereocenters. The average Bonchev–Trinajstić information content (AvgIpc) is 3.63. The third-order valence-corrected chi connectivity index (χ3v) is 12.4. The molecule has 4 N–H and O–H groups in total. The molecular formula is C48H43N3O7S2. The fraction of sp³-hybridized carbons (Fsp3) is 0.167. The predicted molar refractivity (Wildman–Crippen MR) is 237 cm³/mol. The smallest absolute Gasteiger partial charge is 0.341 e. The summed E-state index contributed by atoms with van der Waals surface area (Å²) in [7, 11) is 1.44. The summed E-state index contributed by atoms with van der Waals surface area (Å²) in [4.78, 5) is 56.9. The number of nitrogens with one attached hydrogen (secondary N) is 3. The predicted octanol–water partition coefficient (Wildman–Crippen LogP) is 9.79. The van der Waals surface area contributed by atoms with Crippen molar-refractivity contribution < 1.29 is 33.8 Å². The molecule has 12 heteroatoms. The first-order valence-electron chi connectivity index (χ1n) is 19.5. The van der Waals surface area contributed by atoms with E-state index in [1.54, 1.807) is 61.5 Å². The van der Waals surface area contributed by atoms with Gasteiger partial charge in [-0.25, -0.2) is 4.79 Å². The minimum Gasteiger partial charge on any atom is -0.508 e. The minimum atomic E-state index is -0.744. The van der Waals surface area contributed by atoms with Crippen molar-refractivity contribution in [2.24, 2.45) is 0 Å². The molecule has 0 fully saturated rings. The highest BCUT2D eigenvalue weighted by Crippen LogP contribution is 2.44. The standard InChI is InChI=1S/C48H43N3O7S2/c1-3-58-48(56)42-38-25-23-33(30-14-7-4-8-15-30)27-41(38)60-47(42)51-46(55)43(31-16-9-5-10-17-31)59-37-21-13-20-35(28-37)49-45(54)39(50-44(53)32-18-11-6-12-19-32)26-34-22-24-36(52)29-40(34)57-2/h4-22,24,26,28-29,33,43,52H,3,23,25,27H2,1-2H3,(H,49,54)(H,50,53)(H,51,55)/b39-26+. The Morgan fingerprint density at radius 2 is 1.58 bits per heavy atom. The number of carbonyl (C=O) groups excluding carboxylic acids is 4. The van der Waals surface area contributed by atoms with Crippen LogP contribution in [0.3, 0.4) is 0 Å². The summed E-state index contributed by atoms with van der Waals surface area (Å²) >= 11 is 2.73. The van der Waals surface area contributed by atoms with Crippen LogP contribution in [0.15, 0.2) is 144 Å². The van der Waals surface area contributed by atoms with Crippen LogP contribution in [0.4, 0.5) is 10.7 Å². The number of thiophene rings is 1. The summed E-state index contributed by atoms with van der Waals surface area (Å²) in [6.07, 6.45) is 3.80. The van der Waals surface area contributed by atoms with Crippen LogP contribution in [-0.4, -0.2) is 42.5 Å². The molecule has 60 heavy (non-hydrogen) atoms. The first-order valence-corrected chi connectivity index (χ1v) is 21.2. The van der Waals surface area contributed by atoms with Crippen LogP contribution in [0.1, 0.15) is 72.4 Å². The SMILES string of the molecule is CCOC(=O)c1c(NC(=O)C(Sc2cccc(NC(=O)/C(=C\c3ccc(O)cc3OC)NC(=O)c3ccccc3)c2)c2ccccc2)sc2c1CCC(c1ccccc1)C2. The van der Waals surface area contributed by atoms with Gasteiger partial charge in [-0.2, -0.15) is 0 Å². The Balaban J connectivity index is 1.15. The van der Waals surface area contributed by atoms with E-state index in [1.807, 2.05) is 54.6 Å². The quantitative estimate of drug-likeness (QED) is 0.0483. The van der Waals surface area contributed by atoms with Crippen LogP contribution < -0.4 is 20.7 Å².